The molecule has 3 heteroatoms. The van der Waals surface area contributed by atoms with Gasteiger partial charge in [0.05, 0.1) is 6.10 Å². The molecule has 0 heterocycles. The van der Waals surface area contributed by atoms with Crippen molar-refractivity contribution in [3.05, 3.63) is 11.6 Å². The number of unbranched alkanes of at least 4 members (excludes halogenated alkanes) is 3. The van der Waals surface area contributed by atoms with Crippen molar-refractivity contribution in [3.63, 3.8) is 0 Å². The second-order valence-electron chi connectivity index (χ2n) is 12.3. The average molecular weight is 444 g/mol. The smallest absolute Gasteiger partial charge is 0.217 e. The van der Waals surface area contributed by atoms with Crippen molar-refractivity contribution in [2.24, 2.45) is 34.5 Å². The zero-order valence-corrected chi connectivity index (χ0v) is 21.6. The molecule has 0 aromatic heterocycles. The molecule has 32 heavy (non-hydrogen) atoms. The molecule has 0 aromatic rings. The Morgan fingerprint density at radius 1 is 1.12 bits per heavy atom. The third-order valence-corrected chi connectivity index (χ3v) is 10.5. The summed E-state index contributed by atoms with van der Waals surface area (Å²) < 4.78 is 6.34. The van der Waals surface area contributed by atoms with E-state index >= 15 is 0 Å². The van der Waals surface area contributed by atoms with Crippen LogP contribution in [0.1, 0.15) is 112 Å². The van der Waals surface area contributed by atoms with Crippen molar-refractivity contribution in [3.8, 4) is 0 Å². The molecule has 0 saturated heterocycles. The van der Waals surface area contributed by atoms with Crippen LogP contribution in [0.15, 0.2) is 11.6 Å². The first kappa shape index (κ1) is 24.3. The molecule has 1 N–H and O–H groups in total. The van der Waals surface area contributed by atoms with E-state index in [1.165, 1.54) is 77.0 Å². The highest BCUT2D eigenvalue weighted by Gasteiger charge is 2.59. The number of fused-ring (bicyclic) bond motifs is 5. The third-order valence-electron chi connectivity index (χ3n) is 10.5. The van der Waals surface area contributed by atoms with E-state index in [0.29, 0.717) is 28.9 Å². The van der Waals surface area contributed by atoms with E-state index in [0.717, 1.165) is 24.4 Å². The molecule has 1 amide bonds. The number of ether oxygens (including phenoxy) is 1. The van der Waals surface area contributed by atoms with Crippen molar-refractivity contribution in [2.75, 3.05) is 6.61 Å². The summed E-state index contributed by atoms with van der Waals surface area (Å²) in [5.74, 6) is 3.27. The van der Waals surface area contributed by atoms with Crippen LogP contribution in [0.4, 0.5) is 0 Å². The molecule has 4 aliphatic rings. The number of carbonyl (C=O) groups excluding carboxylic acids is 1. The molecule has 0 aromatic carbocycles. The molecule has 0 bridgehead atoms. The van der Waals surface area contributed by atoms with Crippen LogP contribution in [0.25, 0.3) is 0 Å². The summed E-state index contributed by atoms with van der Waals surface area (Å²) in [7, 11) is 0. The summed E-state index contributed by atoms with van der Waals surface area (Å²) in [6, 6.07) is 0.300. The van der Waals surface area contributed by atoms with Crippen molar-refractivity contribution in [1.29, 1.82) is 0 Å². The number of amides is 1. The molecule has 3 saturated carbocycles. The highest BCUT2D eigenvalue weighted by atomic mass is 16.5. The Balaban J connectivity index is 1.41. The summed E-state index contributed by atoms with van der Waals surface area (Å²) >= 11 is 0. The molecule has 8 atom stereocenters. The van der Waals surface area contributed by atoms with Gasteiger partial charge in [-0.2, -0.15) is 0 Å². The summed E-state index contributed by atoms with van der Waals surface area (Å²) in [5, 5.41) is 3.24. The van der Waals surface area contributed by atoms with E-state index in [-0.39, 0.29) is 5.91 Å². The highest BCUT2D eigenvalue weighted by Crippen LogP contribution is 2.66. The maximum atomic E-state index is 11.7. The zero-order chi connectivity index (χ0) is 22.9. The summed E-state index contributed by atoms with van der Waals surface area (Å²) in [5.41, 5.74) is 2.52. The number of carbonyl (C=O) groups is 1. The molecular weight excluding hydrogens is 394 g/mol. The van der Waals surface area contributed by atoms with Gasteiger partial charge in [-0.1, -0.05) is 51.7 Å². The number of hydrogen-bond acceptors (Lipinski definition) is 2. The topological polar surface area (TPSA) is 38.3 Å². The van der Waals surface area contributed by atoms with Gasteiger partial charge < -0.3 is 10.1 Å². The monoisotopic (exact) mass is 443 g/mol. The summed E-state index contributed by atoms with van der Waals surface area (Å²) in [6.07, 6.45) is 18.7. The van der Waals surface area contributed by atoms with Gasteiger partial charge >= 0.3 is 0 Å². The molecule has 3 nitrogen and oxygen atoms in total. The van der Waals surface area contributed by atoms with Gasteiger partial charge in [-0.15, -0.1) is 0 Å². The van der Waals surface area contributed by atoms with Crippen LogP contribution in [-0.4, -0.2) is 24.7 Å². The molecule has 0 radical (unpaired) electrons. The highest BCUT2D eigenvalue weighted by molar-refractivity contribution is 5.73. The second kappa shape index (κ2) is 9.80. The Morgan fingerprint density at radius 2 is 1.94 bits per heavy atom. The fraction of sp³-hybridized carbons (Fsp3) is 0.897. The minimum atomic E-state index is 0.125. The molecule has 0 spiro atoms. The first-order chi connectivity index (χ1) is 15.3. The van der Waals surface area contributed by atoms with Crippen LogP contribution in [-0.2, 0) is 9.53 Å². The molecule has 0 aliphatic heterocycles. The van der Waals surface area contributed by atoms with Gasteiger partial charge in [0.25, 0.3) is 0 Å². The first-order valence-electron chi connectivity index (χ1n) is 13.9. The molecule has 3 fully saturated rings. The number of nitrogens with one attached hydrogen (secondary N) is 1. The van der Waals surface area contributed by atoms with Gasteiger partial charge in [0.15, 0.2) is 0 Å². The van der Waals surface area contributed by atoms with Crippen molar-refractivity contribution in [1.82, 2.24) is 5.32 Å². The minimum absolute atomic E-state index is 0.125. The number of hydrogen-bond donors (Lipinski definition) is 1. The Labute approximate surface area is 197 Å². The lowest BCUT2D eigenvalue weighted by molar-refractivity contribution is -0.120. The van der Waals surface area contributed by atoms with Crippen LogP contribution < -0.4 is 5.32 Å². The second-order valence-corrected chi connectivity index (χ2v) is 12.3. The lowest BCUT2D eigenvalue weighted by Crippen LogP contribution is -2.52. The van der Waals surface area contributed by atoms with E-state index in [1.54, 1.807) is 12.5 Å². The Morgan fingerprint density at radius 3 is 2.69 bits per heavy atom. The molecular formula is C29H49NO2. The van der Waals surface area contributed by atoms with Gasteiger partial charge in [0, 0.05) is 19.6 Å². The van der Waals surface area contributed by atoms with Gasteiger partial charge in [-0.05, 0) is 99.2 Å². The van der Waals surface area contributed by atoms with Crippen molar-refractivity contribution in [2.45, 2.75) is 124 Å². The Kier molecular flexibility index (Phi) is 7.45. The standard InChI is InChI=1S/C29H49NO2/c1-6-7-8-9-18-32-23-14-16-28(4)22(19-23)10-11-24-26-13-12-25(20(2)30-21(3)31)29(26,5)17-15-27(24)28/h10,20,23-27H,6-9,11-19H2,1-5H3,(H,30,31)/t20-,23-,24?,25+,26?,27?,28-,29+/m0/s1. The van der Waals surface area contributed by atoms with Gasteiger partial charge in [0.2, 0.25) is 5.91 Å². The lowest BCUT2D eigenvalue weighted by Gasteiger charge is -2.58. The quantitative estimate of drug-likeness (QED) is 0.322. The van der Waals surface area contributed by atoms with E-state index in [9.17, 15) is 4.79 Å². The molecule has 4 rings (SSSR count). The summed E-state index contributed by atoms with van der Waals surface area (Å²) in [4.78, 5) is 11.7. The van der Waals surface area contributed by atoms with Crippen molar-refractivity contribution >= 4 is 5.91 Å². The normalized spacial score (nSPS) is 41.8. The Bertz CT molecular complexity index is 701. The Hall–Kier alpha value is -0.830. The fourth-order valence-corrected chi connectivity index (χ4v) is 8.83. The van der Waals surface area contributed by atoms with Crippen LogP contribution in [0.3, 0.4) is 0 Å². The van der Waals surface area contributed by atoms with E-state index in [1.807, 2.05) is 0 Å². The molecule has 4 aliphatic carbocycles. The predicted octanol–water partition coefficient (Wildman–Crippen LogP) is 7.06. The largest absolute Gasteiger partial charge is 0.378 e. The van der Waals surface area contributed by atoms with Gasteiger partial charge in [0.1, 0.15) is 0 Å². The summed E-state index contributed by atoms with van der Waals surface area (Å²) in [6.45, 7) is 12.3. The van der Waals surface area contributed by atoms with E-state index in [2.05, 4.69) is 39.1 Å². The van der Waals surface area contributed by atoms with Gasteiger partial charge in [-0.25, -0.2) is 0 Å². The van der Waals surface area contributed by atoms with Crippen LogP contribution in [0, 0.1) is 34.5 Å². The SMILES string of the molecule is CCCCCCO[C@H]1CC[C@@]2(C)C(=CCC3C2CC[C@@]2(C)C3CC[C@@H]2[C@H](C)NC(C)=O)C1. The third kappa shape index (κ3) is 4.44. The van der Waals surface area contributed by atoms with Crippen LogP contribution in [0.2, 0.25) is 0 Å². The number of allylic oxidation sites excluding steroid dienone is 1. The van der Waals surface area contributed by atoms with E-state index in [4.69, 9.17) is 4.74 Å². The fourth-order valence-electron chi connectivity index (χ4n) is 8.83. The van der Waals surface area contributed by atoms with Crippen LogP contribution in [0.5, 0.6) is 0 Å². The lowest BCUT2D eigenvalue weighted by atomic mass is 9.47. The maximum Gasteiger partial charge on any atom is 0.217 e. The van der Waals surface area contributed by atoms with E-state index < -0.39 is 0 Å². The first-order valence-corrected chi connectivity index (χ1v) is 13.9. The predicted molar refractivity (Wildman–Crippen MR) is 132 cm³/mol. The average Bonchev–Trinajstić information content (AvgIpc) is 3.10. The minimum Gasteiger partial charge on any atom is -0.378 e. The molecule has 3 unspecified atom stereocenters. The maximum absolute atomic E-state index is 11.7. The molecule has 182 valence electrons. The van der Waals surface area contributed by atoms with Crippen LogP contribution >= 0.6 is 0 Å². The zero-order valence-electron chi connectivity index (χ0n) is 21.6. The van der Waals surface area contributed by atoms with Crippen molar-refractivity contribution < 1.29 is 9.53 Å². The number of rotatable bonds is 8. The van der Waals surface area contributed by atoms with Gasteiger partial charge in [-0.3, -0.25) is 4.79 Å².